The fraction of sp³-hybridized carbons (Fsp3) is 0.458. The van der Waals surface area contributed by atoms with Crippen molar-refractivity contribution in [1.29, 1.82) is 0 Å². The molecule has 0 atom stereocenters. The minimum atomic E-state index is -3.59. The molecule has 0 spiro atoms. The van der Waals surface area contributed by atoms with Crippen LogP contribution in [-0.2, 0) is 14.8 Å². The maximum atomic E-state index is 13.1. The van der Waals surface area contributed by atoms with Gasteiger partial charge in [0.05, 0.1) is 16.7 Å². The Bertz CT molecular complexity index is 988. The van der Waals surface area contributed by atoms with E-state index in [1.54, 1.807) is 23.9 Å². The maximum absolute atomic E-state index is 13.1. The minimum absolute atomic E-state index is 0.0996. The van der Waals surface area contributed by atoms with Crippen LogP contribution >= 0.6 is 11.8 Å². The normalized spacial score (nSPS) is 15.0. The van der Waals surface area contributed by atoms with Gasteiger partial charge in [0.15, 0.2) is 0 Å². The number of ether oxygens (including phenoxy) is 1. The van der Waals surface area contributed by atoms with Crippen LogP contribution in [0.15, 0.2) is 58.3 Å². The summed E-state index contributed by atoms with van der Waals surface area (Å²) >= 11 is 1.71. The predicted octanol–water partition coefficient (Wildman–Crippen LogP) is 5.16. The molecule has 1 N–H and O–H groups in total. The number of amides is 1. The molecule has 3 rings (SSSR count). The van der Waals surface area contributed by atoms with Crippen LogP contribution in [0.25, 0.3) is 0 Å². The van der Waals surface area contributed by atoms with Gasteiger partial charge in [0.1, 0.15) is 5.75 Å². The molecule has 0 aromatic heterocycles. The smallest absolute Gasteiger partial charge is 0.243 e. The molecule has 8 heteroatoms. The second-order valence-corrected chi connectivity index (χ2v) is 11.2. The molecule has 32 heavy (non-hydrogen) atoms. The Balaban J connectivity index is 1.67. The van der Waals surface area contributed by atoms with E-state index in [1.165, 1.54) is 15.3 Å². The molecular formula is C24H32N2O4S2. The lowest BCUT2D eigenvalue weighted by atomic mass is 10.2. The van der Waals surface area contributed by atoms with Crippen molar-refractivity contribution in [3.8, 4) is 5.75 Å². The Morgan fingerprint density at radius 1 is 1.09 bits per heavy atom. The Hall–Kier alpha value is -2.03. The predicted molar refractivity (Wildman–Crippen MR) is 130 cm³/mol. The van der Waals surface area contributed by atoms with Crippen molar-refractivity contribution in [2.24, 2.45) is 0 Å². The highest BCUT2D eigenvalue weighted by Gasteiger charge is 2.27. The molecular weight excluding hydrogens is 444 g/mol. The largest absolute Gasteiger partial charge is 0.489 e. The summed E-state index contributed by atoms with van der Waals surface area (Å²) in [6.07, 6.45) is 3.77. The fourth-order valence-corrected chi connectivity index (χ4v) is 5.95. The molecule has 0 saturated carbocycles. The molecule has 174 valence electrons. The summed E-state index contributed by atoms with van der Waals surface area (Å²) in [6, 6.07) is 14.8. The highest BCUT2D eigenvalue weighted by Crippen LogP contribution is 2.31. The average Bonchev–Trinajstić information content (AvgIpc) is 2.79. The number of carbonyl (C=O) groups excluding carboxylic acids is 1. The first kappa shape index (κ1) is 24.6. The lowest BCUT2D eigenvalue weighted by Crippen LogP contribution is -2.35. The first-order valence-corrected chi connectivity index (χ1v) is 13.6. The second kappa shape index (κ2) is 11.7. The topological polar surface area (TPSA) is 75.7 Å². The molecule has 0 bridgehead atoms. The van der Waals surface area contributed by atoms with Gasteiger partial charge < -0.3 is 10.1 Å². The van der Waals surface area contributed by atoms with E-state index in [9.17, 15) is 13.2 Å². The summed E-state index contributed by atoms with van der Waals surface area (Å²) in [5.41, 5.74) is 0.400. The first-order valence-electron chi connectivity index (χ1n) is 11.1. The lowest BCUT2D eigenvalue weighted by Gasteiger charge is -2.26. The van der Waals surface area contributed by atoms with Crippen molar-refractivity contribution >= 4 is 33.4 Å². The van der Waals surface area contributed by atoms with Gasteiger partial charge in [-0.3, -0.25) is 4.79 Å². The van der Waals surface area contributed by atoms with Gasteiger partial charge in [0, 0.05) is 24.4 Å². The summed E-state index contributed by atoms with van der Waals surface area (Å²) in [7, 11) is -3.59. The van der Waals surface area contributed by atoms with E-state index in [-0.39, 0.29) is 16.9 Å². The number of piperidine rings is 1. The highest BCUT2D eigenvalue weighted by molar-refractivity contribution is 7.99. The third-order valence-electron chi connectivity index (χ3n) is 5.10. The number of nitrogens with zero attached hydrogens (tertiary/aromatic N) is 1. The standard InChI is InChI=1S/C24H32N2O4S2/c1-19(2)30-23-14-13-21(32(28,29)26-15-7-4-8-16-26)18-22(23)25-24(27)12-9-17-31-20-10-5-3-6-11-20/h3,5-6,10-11,13-14,18-19H,4,7-9,12,15-17H2,1-2H3,(H,25,27). The summed E-state index contributed by atoms with van der Waals surface area (Å²) in [5.74, 6) is 1.15. The molecule has 1 heterocycles. The van der Waals surface area contributed by atoms with Gasteiger partial charge in [-0.05, 0) is 69.2 Å². The SMILES string of the molecule is CC(C)Oc1ccc(S(=O)(=O)N2CCCCC2)cc1NC(=O)CCCSc1ccccc1. The van der Waals surface area contributed by atoms with Gasteiger partial charge in [-0.25, -0.2) is 8.42 Å². The van der Waals surface area contributed by atoms with Crippen LogP contribution in [0.2, 0.25) is 0 Å². The first-order chi connectivity index (χ1) is 15.4. The van der Waals surface area contributed by atoms with Crippen molar-refractivity contribution in [1.82, 2.24) is 4.31 Å². The summed E-state index contributed by atoms with van der Waals surface area (Å²) in [4.78, 5) is 14.0. The van der Waals surface area contributed by atoms with Crippen molar-refractivity contribution < 1.29 is 17.9 Å². The van der Waals surface area contributed by atoms with E-state index in [4.69, 9.17) is 4.74 Å². The van der Waals surface area contributed by atoms with Gasteiger partial charge in [0.25, 0.3) is 0 Å². The van der Waals surface area contributed by atoms with Crippen LogP contribution in [0.5, 0.6) is 5.75 Å². The molecule has 1 aliphatic heterocycles. The van der Waals surface area contributed by atoms with E-state index in [0.29, 0.717) is 30.9 Å². The van der Waals surface area contributed by atoms with Crippen LogP contribution in [0.3, 0.4) is 0 Å². The van der Waals surface area contributed by atoms with Crippen LogP contribution in [0.1, 0.15) is 46.0 Å². The van der Waals surface area contributed by atoms with E-state index in [1.807, 2.05) is 32.0 Å². The molecule has 1 fully saturated rings. The van der Waals surface area contributed by atoms with Crippen molar-refractivity contribution in [2.45, 2.75) is 61.8 Å². The Morgan fingerprint density at radius 3 is 2.50 bits per heavy atom. The van der Waals surface area contributed by atoms with Crippen LogP contribution in [0, 0.1) is 0 Å². The molecule has 2 aromatic carbocycles. The fourth-order valence-electron chi connectivity index (χ4n) is 3.53. The average molecular weight is 477 g/mol. The zero-order valence-corrected chi connectivity index (χ0v) is 20.4. The molecule has 1 aliphatic rings. The number of hydrogen-bond donors (Lipinski definition) is 1. The van der Waals surface area contributed by atoms with Gasteiger partial charge >= 0.3 is 0 Å². The Kier molecular flexibility index (Phi) is 9.02. The van der Waals surface area contributed by atoms with Crippen LogP contribution < -0.4 is 10.1 Å². The molecule has 0 aliphatic carbocycles. The monoisotopic (exact) mass is 476 g/mol. The molecule has 0 radical (unpaired) electrons. The molecule has 1 amide bonds. The van der Waals surface area contributed by atoms with Crippen LogP contribution in [-0.4, -0.2) is 43.6 Å². The Labute approximate surface area is 195 Å². The number of anilines is 1. The third kappa shape index (κ3) is 6.98. The van der Waals surface area contributed by atoms with E-state index in [0.717, 1.165) is 31.4 Å². The highest BCUT2D eigenvalue weighted by atomic mass is 32.2. The van der Waals surface area contributed by atoms with Crippen molar-refractivity contribution in [3.63, 3.8) is 0 Å². The quantitative estimate of drug-likeness (QED) is 0.379. The third-order valence-corrected chi connectivity index (χ3v) is 8.09. The van der Waals surface area contributed by atoms with E-state index >= 15 is 0 Å². The van der Waals surface area contributed by atoms with E-state index < -0.39 is 10.0 Å². The summed E-state index contributed by atoms with van der Waals surface area (Å²) in [5, 5.41) is 2.87. The molecule has 2 aromatic rings. The molecule has 1 saturated heterocycles. The number of rotatable bonds is 10. The van der Waals surface area contributed by atoms with Gasteiger partial charge in [0.2, 0.25) is 15.9 Å². The van der Waals surface area contributed by atoms with Crippen LogP contribution in [0.4, 0.5) is 5.69 Å². The second-order valence-electron chi connectivity index (χ2n) is 8.10. The van der Waals surface area contributed by atoms with Gasteiger partial charge in [-0.2, -0.15) is 4.31 Å². The van der Waals surface area contributed by atoms with Gasteiger partial charge in [-0.15, -0.1) is 11.8 Å². The number of sulfonamides is 1. The van der Waals surface area contributed by atoms with E-state index in [2.05, 4.69) is 17.4 Å². The number of thioether (sulfide) groups is 1. The van der Waals surface area contributed by atoms with Crippen molar-refractivity contribution in [3.05, 3.63) is 48.5 Å². The minimum Gasteiger partial charge on any atom is -0.489 e. The molecule has 0 unspecified atom stereocenters. The zero-order chi connectivity index (χ0) is 23.0. The summed E-state index contributed by atoms with van der Waals surface area (Å²) < 4.78 is 33.5. The Morgan fingerprint density at radius 2 is 1.81 bits per heavy atom. The maximum Gasteiger partial charge on any atom is 0.243 e. The lowest BCUT2D eigenvalue weighted by molar-refractivity contribution is -0.116. The molecule has 6 nitrogen and oxygen atoms in total. The number of hydrogen-bond acceptors (Lipinski definition) is 5. The number of carbonyl (C=O) groups is 1. The zero-order valence-electron chi connectivity index (χ0n) is 18.7. The van der Waals surface area contributed by atoms with Crippen molar-refractivity contribution in [2.75, 3.05) is 24.2 Å². The number of nitrogens with one attached hydrogen (secondary N) is 1. The van der Waals surface area contributed by atoms with Gasteiger partial charge in [-0.1, -0.05) is 24.6 Å². The number of benzene rings is 2. The summed E-state index contributed by atoms with van der Waals surface area (Å²) in [6.45, 7) is 4.86.